The Bertz CT molecular complexity index is 464. The first kappa shape index (κ1) is 14.1. The fourth-order valence-corrected chi connectivity index (χ4v) is 3.01. The normalized spacial score (nSPS) is 25.1. The van der Waals surface area contributed by atoms with E-state index in [0.717, 1.165) is 30.4 Å². The predicted octanol–water partition coefficient (Wildman–Crippen LogP) is 2.81. The van der Waals surface area contributed by atoms with Crippen LogP contribution in [0.2, 0.25) is 0 Å². The van der Waals surface area contributed by atoms with E-state index < -0.39 is 0 Å². The Hall–Kier alpha value is -0.870. The second kappa shape index (κ2) is 6.27. The first-order chi connectivity index (χ1) is 9.72. The molecule has 2 fully saturated rings. The standard InChI is InChI=1S/C16H21BrN2O/c17-14-5-3-11(4-6-14)13-9-15(10-13)18-7-8-19-16(20)12-1-2-12/h3-6,12-13,15,18H,1-2,7-10H2,(H,19,20). The van der Waals surface area contributed by atoms with Gasteiger partial charge in [-0.05, 0) is 49.3 Å². The van der Waals surface area contributed by atoms with Crippen LogP contribution in [0.15, 0.2) is 28.7 Å². The van der Waals surface area contributed by atoms with Crippen LogP contribution in [0, 0.1) is 5.92 Å². The SMILES string of the molecule is O=C(NCCNC1CC(c2ccc(Br)cc2)C1)C1CC1. The largest absolute Gasteiger partial charge is 0.355 e. The maximum Gasteiger partial charge on any atom is 0.223 e. The van der Waals surface area contributed by atoms with Crippen LogP contribution in [-0.4, -0.2) is 25.0 Å². The summed E-state index contributed by atoms with van der Waals surface area (Å²) in [6.45, 7) is 1.64. The van der Waals surface area contributed by atoms with Crippen molar-refractivity contribution in [3.05, 3.63) is 34.3 Å². The van der Waals surface area contributed by atoms with Crippen LogP contribution in [0.5, 0.6) is 0 Å². The molecule has 0 radical (unpaired) electrons. The summed E-state index contributed by atoms with van der Waals surface area (Å²) >= 11 is 3.47. The molecule has 108 valence electrons. The van der Waals surface area contributed by atoms with Gasteiger partial charge in [0.05, 0.1) is 0 Å². The van der Waals surface area contributed by atoms with Gasteiger partial charge in [-0.15, -0.1) is 0 Å². The maximum atomic E-state index is 11.5. The van der Waals surface area contributed by atoms with Gasteiger partial charge in [0.1, 0.15) is 0 Å². The fraction of sp³-hybridized carbons (Fsp3) is 0.562. The average molecular weight is 337 g/mol. The minimum Gasteiger partial charge on any atom is -0.355 e. The average Bonchev–Trinajstić information content (AvgIpc) is 3.22. The summed E-state index contributed by atoms with van der Waals surface area (Å²) in [6, 6.07) is 9.26. The van der Waals surface area contributed by atoms with Gasteiger partial charge in [0, 0.05) is 29.5 Å². The zero-order valence-corrected chi connectivity index (χ0v) is 13.2. The second-order valence-corrected chi connectivity index (χ2v) is 6.85. The van der Waals surface area contributed by atoms with E-state index in [4.69, 9.17) is 0 Å². The van der Waals surface area contributed by atoms with Crippen molar-refractivity contribution in [2.24, 2.45) is 5.92 Å². The Morgan fingerprint density at radius 2 is 1.85 bits per heavy atom. The van der Waals surface area contributed by atoms with Gasteiger partial charge in [-0.2, -0.15) is 0 Å². The minimum absolute atomic E-state index is 0.244. The molecule has 0 heterocycles. The van der Waals surface area contributed by atoms with Crippen molar-refractivity contribution in [3.63, 3.8) is 0 Å². The molecule has 4 heteroatoms. The molecular formula is C16H21BrN2O. The van der Waals surface area contributed by atoms with Crippen LogP contribution >= 0.6 is 15.9 Å². The van der Waals surface area contributed by atoms with Gasteiger partial charge in [-0.3, -0.25) is 4.79 Å². The Labute approximate surface area is 128 Å². The van der Waals surface area contributed by atoms with Crippen molar-refractivity contribution in [3.8, 4) is 0 Å². The van der Waals surface area contributed by atoms with Crippen LogP contribution in [0.25, 0.3) is 0 Å². The molecule has 0 bridgehead atoms. The minimum atomic E-state index is 0.244. The quantitative estimate of drug-likeness (QED) is 0.784. The van der Waals surface area contributed by atoms with Crippen LogP contribution in [0.1, 0.15) is 37.2 Å². The van der Waals surface area contributed by atoms with Crippen molar-refractivity contribution in [2.45, 2.75) is 37.6 Å². The summed E-state index contributed by atoms with van der Waals surface area (Å²) in [5.74, 6) is 1.26. The molecule has 0 saturated heterocycles. The third-order valence-corrected chi connectivity index (χ3v) is 4.81. The van der Waals surface area contributed by atoms with Crippen LogP contribution in [0.4, 0.5) is 0 Å². The Morgan fingerprint density at radius 3 is 2.50 bits per heavy atom. The van der Waals surface area contributed by atoms with Crippen LogP contribution in [0.3, 0.4) is 0 Å². The number of carbonyl (C=O) groups excluding carboxylic acids is 1. The number of benzene rings is 1. The molecule has 2 saturated carbocycles. The number of hydrogen-bond donors (Lipinski definition) is 2. The van der Waals surface area contributed by atoms with Gasteiger partial charge in [0.25, 0.3) is 0 Å². The van der Waals surface area contributed by atoms with Gasteiger partial charge in [-0.25, -0.2) is 0 Å². The molecule has 0 spiro atoms. The lowest BCUT2D eigenvalue weighted by Crippen LogP contribution is -2.43. The summed E-state index contributed by atoms with van der Waals surface area (Å²) in [5, 5.41) is 6.51. The van der Waals surface area contributed by atoms with Gasteiger partial charge < -0.3 is 10.6 Å². The molecule has 0 atom stereocenters. The smallest absolute Gasteiger partial charge is 0.223 e. The van der Waals surface area contributed by atoms with Crippen molar-refractivity contribution in [1.82, 2.24) is 10.6 Å². The van der Waals surface area contributed by atoms with Crippen LogP contribution < -0.4 is 10.6 Å². The van der Waals surface area contributed by atoms with E-state index in [9.17, 15) is 4.79 Å². The van der Waals surface area contributed by atoms with Crippen molar-refractivity contribution < 1.29 is 4.79 Å². The lowest BCUT2D eigenvalue weighted by Gasteiger charge is -2.36. The highest BCUT2D eigenvalue weighted by Crippen LogP contribution is 2.37. The summed E-state index contributed by atoms with van der Waals surface area (Å²) in [5.41, 5.74) is 1.44. The number of nitrogens with one attached hydrogen (secondary N) is 2. The fourth-order valence-electron chi connectivity index (χ4n) is 2.74. The lowest BCUT2D eigenvalue weighted by atomic mass is 9.76. The zero-order chi connectivity index (χ0) is 13.9. The molecular weight excluding hydrogens is 316 g/mol. The molecule has 1 aromatic carbocycles. The van der Waals surface area contributed by atoms with Gasteiger partial charge in [-0.1, -0.05) is 28.1 Å². The summed E-state index contributed by atoms with van der Waals surface area (Å²) in [7, 11) is 0. The topological polar surface area (TPSA) is 41.1 Å². The summed E-state index contributed by atoms with van der Waals surface area (Å²) in [6.07, 6.45) is 4.57. The highest BCUT2D eigenvalue weighted by molar-refractivity contribution is 9.10. The molecule has 2 N–H and O–H groups in total. The molecule has 2 aliphatic rings. The first-order valence-electron chi connectivity index (χ1n) is 7.49. The van der Waals surface area contributed by atoms with E-state index in [-0.39, 0.29) is 5.91 Å². The number of halogens is 1. The number of amides is 1. The van der Waals surface area contributed by atoms with E-state index in [2.05, 4.69) is 50.8 Å². The van der Waals surface area contributed by atoms with Gasteiger partial charge in [0.15, 0.2) is 0 Å². The van der Waals surface area contributed by atoms with E-state index in [1.807, 2.05) is 0 Å². The molecule has 2 aliphatic carbocycles. The highest BCUT2D eigenvalue weighted by Gasteiger charge is 2.30. The predicted molar refractivity (Wildman–Crippen MR) is 83.6 cm³/mol. The van der Waals surface area contributed by atoms with Gasteiger partial charge >= 0.3 is 0 Å². The molecule has 1 amide bonds. The third kappa shape index (κ3) is 3.61. The highest BCUT2D eigenvalue weighted by atomic mass is 79.9. The molecule has 0 aromatic heterocycles. The first-order valence-corrected chi connectivity index (χ1v) is 8.28. The summed E-state index contributed by atoms with van der Waals surface area (Å²) < 4.78 is 1.14. The molecule has 0 unspecified atom stereocenters. The number of hydrogen-bond acceptors (Lipinski definition) is 2. The monoisotopic (exact) mass is 336 g/mol. The Balaban J connectivity index is 1.30. The van der Waals surface area contributed by atoms with Crippen molar-refractivity contribution in [2.75, 3.05) is 13.1 Å². The molecule has 0 aliphatic heterocycles. The van der Waals surface area contributed by atoms with E-state index in [1.165, 1.54) is 18.4 Å². The van der Waals surface area contributed by atoms with E-state index >= 15 is 0 Å². The lowest BCUT2D eigenvalue weighted by molar-refractivity contribution is -0.122. The molecule has 3 nitrogen and oxygen atoms in total. The van der Waals surface area contributed by atoms with Gasteiger partial charge in [0.2, 0.25) is 5.91 Å². The maximum absolute atomic E-state index is 11.5. The van der Waals surface area contributed by atoms with E-state index in [0.29, 0.717) is 17.9 Å². The molecule has 1 aromatic rings. The zero-order valence-electron chi connectivity index (χ0n) is 11.6. The second-order valence-electron chi connectivity index (χ2n) is 5.94. The Morgan fingerprint density at radius 1 is 1.15 bits per heavy atom. The number of carbonyl (C=O) groups is 1. The Kier molecular flexibility index (Phi) is 4.41. The third-order valence-electron chi connectivity index (χ3n) is 4.28. The molecule has 3 rings (SSSR count). The van der Waals surface area contributed by atoms with Crippen LogP contribution in [-0.2, 0) is 4.79 Å². The number of rotatable bonds is 6. The van der Waals surface area contributed by atoms with Crippen molar-refractivity contribution >= 4 is 21.8 Å². The molecule has 20 heavy (non-hydrogen) atoms. The summed E-state index contributed by atoms with van der Waals surface area (Å²) in [4.78, 5) is 11.5. The van der Waals surface area contributed by atoms with E-state index in [1.54, 1.807) is 0 Å². The van der Waals surface area contributed by atoms with Crippen molar-refractivity contribution in [1.29, 1.82) is 0 Å².